The summed E-state index contributed by atoms with van der Waals surface area (Å²) in [5, 5.41) is 3.29. The Morgan fingerprint density at radius 1 is 1.32 bits per heavy atom. The van der Waals surface area contributed by atoms with Gasteiger partial charge in [0.25, 0.3) is 6.01 Å². The van der Waals surface area contributed by atoms with E-state index in [2.05, 4.69) is 15.2 Å². The van der Waals surface area contributed by atoms with Gasteiger partial charge in [0.15, 0.2) is 5.58 Å². The molecule has 2 aromatic rings. The van der Waals surface area contributed by atoms with Crippen molar-refractivity contribution in [2.75, 3.05) is 31.1 Å². The second-order valence-corrected chi connectivity index (χ2v) is 6.42. The van der Waals surface area contributed by atoms with Crippen LogP contribution in [0.2, 0.25) is 0 Å². The predicted molar refractivity (Wildman–Crippen MR) is 84.3 cm³/mol. The number of hydrogen-bond acceptors (Lipinski definition) is 6. The molecule has 6 heteroatoms. The molecule has 3 rings (SSSR count). The van der Waals surface area contributed by atoms with Crippen LogP contribution in [-0.4, -0.2) is 42.7 Å². The van der Waals surface area contributed by atoms with Gasteiger partial charge >= 0.3 is 5.97 Å². The summed E-state index contributed by atoms with van der Waals surface area (Å²) in [6, 6.07) is 5.81. The monoisotopic (exact) mass is 303 g/mol. The average molecular weight is 303 g/mol. The average Bonchev–Trinajstić information content (AvgIpc) is 2.89. The molecule has 118 valence electrons. The zero-order valence-electron chi connectivity index (χ0n) is 13.2. The van der Waals surface area contributed by atoms with Gasteiger partial charge < -0.3 is 19.4 Å². The standard InChI is InChI=1S/C16H21N3O3/c1-16(2,3)22-14(20)11-4-5-13-12(10-11)18-15(21-13)19-8-6-17-7-9-19/h4-5,10,17H,6-9H2,1-3H3. The van der Waals surface area contributed by atoms with E-state index in [0.717, 1.165) is 26.2 Å². The molecule has 0 saturated carbocycles. The molecule has 0 spiro atoms. The molecule has 0 radical (unpaired) electrons. The Labute approximate surface area is 129 Å². The number of aromatic nitrogens is 1. The maximum atomic E-state index is 12.1. The lowest BCUT2D eigenvalue weighted by Gasteiger charge is -2.25. The van der Waals surface area contributed by atoms with Crippen molar-refractivity contribution in [2.24, 2.45) is 0 Å². The molecule has 0 atom stereocenters. The van der Waals surface area contributed by atoms with Gasteiger partial charge in [0, 0.05) is 26.2 Å². The number of carbonyl (C=O) groups is 1. The van der Waals surface area contributed by atoms with Crippen LogP contribution < -0.4 is 10.2 Å². The SMILES string of the molecule is CC(C)(C)OC(=O)c1ccc2oc(N3CCNCC3)nc2c1. The third kappa shape index (κ3) is 3.22. The molecule has 1 aromatic heterocycles. The Hall–Kier alpha value is -2.08. The number of fused-ring (bicyclic) bond motifs is 1. The molecule has 0 unspecified atom stereocenters. The third-order valence-electron chi connectivity index (χ3n) is 3.40. The second-order valence-electron chi connectivity index (χ2n) is 6.42. The number of rotatable bonds is 2. The van der Waals surface area contributed by atoms with Gasteiger partial charge in [0.2, 0.25) is 0 Å². The van der Waals surface area contributed by atoms with Crippen LogP contribution in [0.5, 0.6) is 0 Å². The van der Waals surface area contributed by atoms with E-state index in [1.165, 1.54) is 0 Å². The minimum atomic E-state index is -0.512. The van der Waals surface area contributed by atoms with Crippen molar-refractivity contribution >= 4 is 23.1 Å². The fourth-order valence-electron chi connectivity index (χ4n) is 2.37. The molecule has 0 aliphatic carbocycles. The number of nitrogens with zero attached hydrogens (tertiary/aromatic N) is 2. The summed E-state index contributed by atoms with van der Waals surface area (Å²) < 4.78 is 11.2. The van der Waals surface area contributed by atoms with Crippen LogP contribution in [-0.2, 0) is 4.74 Å². The Kier molecular flexibility index (Phi) is 3.78. The molecule has 1 aliphatic rings. The number of piperazine rings is 1. The normalized spacial score (nSPS) is 16.0. The van der Waals surface area contributed by atoms with Crippen molar-refractivity contribution in [1.29, 1.82) is 0 Å². The van der Waals surface area contributed by atoms with Crippen LogP contribution in [0.25, 0.3) is 11.1 Å². The zero-order valence-corrected chi connectivity index (χ0v) is 13.2. The van der Waals surface area contributed by atoms with Gasteiger partial charge in [-0.2, -0.15) is 4.98 Å². The summed E-state index contributed by atoms with van der Waals surface area (Å²) in [6.45, 7) is 9.12. The first-order valence-corrected chi connectivity index (χ1v) is 7.52. The highest BCUT2D eigenvalue weighted by atomic mass is 16.6. The number of anilines is 1. The van der Waals surface area contributed by atoms with Crippen molar-refractivity contribution in [3.8, 4) is 0 Å². The van der Waals surface area contributed by atoms with Crippen molar-refractivity contribution in [2.45, 2.75) is 26.4 Å². The lowest BCUT2D eigenvalue weighted by Crippen LogP contribution is -2.43. The molecule has 0 bridgehead atoms. The second kappa shape index (κ2) is 5.61. The number of carbonyl (C=O) groups excluding carboxylic acids is 1. The Bertz CT molecular complexity index is 681. The molecule has 1 saturated heterocycles. The third-order valence-corrected chi connectivity index (χ3v) is 3.40. The molecular formula is C16H21N3O3. The van der Waals surface area contributed by atoms with E-state index >= 15 is 0 Å². The number of ether oxygens (including phenoxy) is 1. The van der Waals surface area contributed by atoms with Crippen molar-refractivity contribution in [3.63, 3.8) is 0 Å². The Morgan fingerprint density at radius 3 is 2.73 bits per heavy atom. The molecular weight excluding hydrogens is 282 g/mol. The van der Waals surface area contributed by atoms with E-state index in [1.54, 1.807) is 18.2 Å². The topological polar surface area (TPSA) is 67.6 Å². The first-order chi connectivity index (χ1) is 10.4. The highest BCUT2D eigenvalue weighted by molar-refractivity contribution is 5.93. The number of hydrogen-bond donors (Lipinski definition) is 1. The number of esters is 1. The summed E-state index contributed by atoms with van der Waals surface area (Å²) >= 11 is 0. The molecule has 6 nitrogen and oxygen atoms in total. The quantitative estimate of drug-likeness (QED) is 0.858. The van der Waals surface area contributed by atoms with E-state index in [4.69, 9.17) is 9.15 Å². The van der Waals surface area contributed by atoms with Crippen molar-refractivity contribution in [3.05, 3.63) is 23.8 Å². The Morgan fingerprint density at radius 2 is 2.05 bits per heavy atom. The zero-order chi connectivity index (χ0) is 15.7. The lowest BCUT2D eigenvalue weighted by molar-refractivity contribution is 0.00697. The summed E-state index contributed by atoms with van der Waals surface area (Å²) in [5.74, 6) is -0.346. The maximum Gasteiger partial charge on any atom is 0.338 e. The molecule has 2 heterocycles. The molecule has 1 N–H and O–H groups in total. The fraction of sp³-hybridized carbons (Fsp3) is 0.500. The van der Waals surface area contributed by atoms with Crippen molar-refractivity contribution < 1.29 is 13.9 Å². The molecule has 22 heavy (non-hydrogen) atoms. The van der Waals surface area contributed by atoms with E-state index < -0.39 is 5.60 Å². The van der Waals surface area contributed by atoms with Gasteiger partial charge in [-0.15, -0.1) is 0 Å². The summed E-state index contributed by atoms with van der Waals surface area (Å²) in [4.78, 5) is 18.7. The minimum Gasteiger partial charge on any atom is -0.456 e. The largest absolute Gasteiger partial charge is 0.456 e. The predicted octanol–water partition coefficient (Wildman–Crippen LogP) is 2.19. The first kappa shape index (κ1) is 14.8. The van der Waals surface area contributed by atoms with Crippen LogP contribution in [0.15, 0.2) is 22.6 Å². The Balaban J connectivity index is 1.85. The van der Waals surface area contributed by atoms with Crippen LogP contribution >= 0.6 is 0 Å². The van der Waals surface area contributed by atoms with Crippen molar-refractivity contribution in [1.82, 2.24) is 10.3 Å². The van der Waals surface area contributed by atoms with Gasteiger partial charge in [0.05, 0.1) is 5.56 Å². The maximum absolute atomic E-state index is 12.1. The highest BCUT2D eigenvalue weighted by Crippen LogP contribution is 2.24. The number of oxazole rings is 1. The molecule has 1 aromatic carbocycles. The first-order valence-electron chi connectivity index (χ1n) is 7.52. The van der Waals surface area contributed by atoms with E-state index in [0.29, 0.717) is 22.7 Å². The summed E-state index contributed by atoms with van der Waals surface area (Å²) in [5.41, 5.74) is 1.34. The molecule has 0 amide bonds. The van der Waals surface area contributed by atoms with Crippen LogP contribution in [0.4, 0.5) is 6.01 Å². The summed E-state index contributed by atoms with van der Waals surface area (Å²) in [7, 11) is 0. The van der Waals surface area contributed by atoms with Gasteiger partial charge in [-0.05, 0) is 39.0 Å². The molecule has 1 fully saturated rings. The van der Waals surface area contributed by atoms with Gasteiger partial charge in [0.1, 0.15) is 11.1 Å². The smallest absolute Gasteiger partial charge is 0.338 e. The highest BCUT2D eigenvalue weighted by Gasteiger charge is 2.20. The van der Waals surface area contributed by atoms with Gasteiger partial charge in [-0.1, -0.05) is 0 Å². The van der Waals surface area contributed by atoms with Gasteiger partial charge in [-0.3, -0.25) is 0 Å². The van der Waals surface area contributed by atoms with Crippen LogP contribution in [0.3, 0.4) is 0 Å². The lowest BCUT2D eigenvalue weighted by atomic mass is 10.1. The van der Waals surface area contributed by atoms with E-state index in [1.807, 2.05) is 20.8 Å². The minimum absolute atomic E-state index is 0.346. The van der Waals surface area contributed by atoms with Gasteiger partial charge in [-0.25, -0.2) is 4.79 Å². The van der Waals surface area contributed by atoms with Crippen LogP contribution in [0, 0.1) is 0 Å². The number of nitrogens with one attached hydrogen (secondary N) is 1. The van der Waals surface area contributed by atoms with E-state index in [9.17, 15) is 4.79 Å². The van der Waals surface area contributed by atoms with Crippen LogP contribution in [0.1, 0.15) is 31.1 Å². The van der Waals surface area contributed by atoms with E-state index in [-0.39, 0.29) is 5.97 Å². The number of benzene rings is 1. The fourth-order valence-corrected chi connectivity index (χ4v) is 2.37. The summed E-state index contributed by atoms with van der Waals surface area (Å²) in [6.07, 6.45) is 0. The molecule has 1 aliphatic heterocycles.